The van der Waals surface area contributed by atoms with Gasteiger partial charge in [-0.05, 0) is 43.0 Å². The van der Waals surface area contributed by atoms with Crippen molar-refractivity contribution in [1.82, 2.24) is 20.2 Å². The number of guanidine groups is 1. The van der Waals surface area contributed by atoms with Gasteiger partial charge in [-0.3, -0.25) is 0 Å². The van der Waals surface area contributed by atoms with Crippen LogP contribution in [-0.2, 0) is 19.5 Å². The lowest BCUT2D eigenvalue weighted by Crippen LogP contribution is -2.38. The summed E-state index contributed by atoms with van der Waals surface area (Å²) in [6, 6.07) is 14.8. The number of aromatic nitrogens is 2. The van der Waals surface area contributed by atoms with Gasteiger partial charge < -0.3 is 19.9 Å². The molecule has 0 unspecified atom stereocenters. The minimum Gasteiger partial charge on any atom is -0.496 e. The van der Waals surface area contributed by atoms with Crippen LogP contribution in [0.3, 0.4) is 0 Å². The van der Waals surface area contributed by atoms with E-state index in [1.165, 1.54) is 22.3 Å². The average Bonchev–Trinajstić information content (AvgIpc) is 3.26. The van der Waals surface area contributed by atoms with Crippen molar-refractivity contribution in [2.45, 2.75) is 33.4 Å². The highest BCUT2D eigenvalue weighted by Crippen LogP contribution is 2.19. The molecule has 0 saturated heterocycles. The number of hydrogen-bond acceptors (Lipinski definition) is 3. The van der Waals surface area contributed by atoms with Crippen molar-refractivity contribution < 1.29 is 4.74 Å². The van der Waals surface area contributed by atoms with Crippen molar-refractivity contribution in [2.75, 3.05) is 20.2 Å². The Bertz CT molecular complexity index is 933. The fourth-order valence-corrected chi connectivity index (χ4v) is 3.27. The molecule has 2 N–H and O–H groups in total. The fraction of sp³-hybridized carbons (Fsp3) is 0.333. The van der Waals surface area contributed by atoms with E-state index in [1.54, 1.807) is 13.3 Å². The molecule has 1 heterocycles. The lowest BCUT2D eigenvalue weighted by molar-refractivity contribution is 0.409. The summed E-state index contributed by atoms with van der Waals surface area (Å²) in [5, 5.41) is 6.74. The second-order valence-corrected chi connectivity index (χ2v) is 7.24. The molecule has 3 rings (SSSR count). The third-order valence-electron chi connectivity index (χ3n) is 4.83. The molecule has 0 atom stereocenters. The topological polar surface area (TPSA) is 63.5 Å². The molecule has 0 spiro atoms. The van der Waals surface area contributed by atoms with Gasteiger partial charge in [0, 0.05) is 32.0 Å². The summed E-state index contributed by atoms with van der Waals surface area (Å²) >= 11 is 0. The summed E-state index contributed by atoms with van der Waals surface area (Å²) in [6.45, 7) is 7.25. The molecule has 3 aromatic rings. The van der Waals surface area contributed by atoms with Crippen LogP contribution >= 0.6 is 0 Å². The molecule has 0 radical (unpaired) electrons. The maximum atomic E-state index is 5.47. The number of hydrogen-bond donors (Lipinski definition) is 2. The molecule has 6 nitrogen and oxygen atoms in total. The lowest BCUT2D eigenvalue weighted by Gasteiger charge is -2.13. The zero-order valence-corrected chi connectivity index (χ0v) is 18.1. The van der Waals surface area contributed by atoms with Crippen molar-refractivity contribution in [3.63, 3.8) is 0 Å². The molecule has 0 aliphatic heterocycles. The zero-order chi connectivity index (χ0) is 21.2. The summed E-state index contributed by atoms with van der Waals surface area (Å²) < 4.78 is 7.53. The van der Waals surface area contributed by atoms with Gasteiger partial charge in [0.2, 0.25) is 0 Å². The number of aryl methyl sites for hydroxylation is 1. The first-order valence-electron chi connectivity index (χ1n) is 10.4. The Morgan fingerprint density at radius 1 is 1.10 bits per heavy atom. The first-order chi connectivity index (χ1) is 14.7. The van der Waals surface area contributed by atoms with E-state index in [-0.39, 0.29) is 0 Å². The van der Waals surface area contributed by atoms with E-state index in [4.69, 9.17) is 9.73 Å². The van der Waals surface area contributed by atoms with Gasteiger partial charge >= 0.3 is 0 Å². The third-order valence-corrected chi connectivity index (χ3v) is 4.83. The molecule has 0 aliphatic rings. The highest BCUT2D eigenvalue weighted by Gasteiger charge is 2.04. The number of benzene rings is 2. The molecule has 0 aliphatic carbocycles. The number of imidazole rings is 1. The van der Waals surface area contributed by atoms with Crippen LogP contribution in [0.25, 0.3) is 0 Å². The molecular formula is C24H31N5O. The quantitative estimate of drug-likeness (QED) is 0.422. The van der Waals surface area contributed by atoms with Crippen molar-refractivity contribution >= 4 is 5.96 Å². The van der Waals surface area contributed by atoms with Crippen LogP contribution in [-0.4, -0.2) is 35.7 Å². The number of aliphatic imine (C=N–C) groups is 1. The Hall–Kier alpha value is -3.28. The predicted octanol–water partition coefficient (Wildman–Crippen LogP) is 3.55. The number of nitrogens with zero attached hydrogens (tertiary/aromatic N) is 3. The van der Waals surface area contributed by atoms with Crippen LogP contribution in [0.15, 0.2) is 66.2 Å². The summed E-state index contributed by atoms with van der Waals surface area (Å²) in [6.07, 6.45) is 6.48. The normalized spacial score (nSPS) is 11.4. The number of ether oxygens (including phenoxy) is 1. The second-order valence-electron chi connectivity index (χ2n) is 7.24. The van der Waals surface area contributed by atoms with Gasteiger partial charge in [0.25, 0.3) is 0 Å². The molecule has 0 fully saturated rings. The molecule has 0 bridgehead atoms. The van der Waals surface area contributed by atoms with Gasteiger partial charge in [-0.25, -0.2) is 9.98 Å². The minimum atomic E-state index is 0.633. The number of rotatable bonds is 9. The molecule has 0 amide bonds. The van der Waals surface area contributed by atoms with Gasteiger partial charge in [-0.2, -0.15) is 0 Å². The van der Waals surface area contributed by atoms with E-state index >= 15 is 0 Å². The molecule has 6 heteroatoms. The van der Waals surface area contributed by atoms with Gasteiger partial charge in [-0.15, -0.1) is 0 Å². The second kappa shape index (κ2) is 11.0. The van der Waals surface area contributed by atoms with Crippen LogP contribution in [0, 0.1) is 6.92 Å². The molecular weight excluding hydrogens is 374 g/mol. The van der Waals surface area contributed by atoms with E-state index in [2.05, 4.69) is 70.4 Å². The summed E-state index contributed by atoms with van der Waals surface area (Å²) in [4.78, 5) is 8.81. The average molecular weight is 406 g/mol. The Labute approximate surface area is 179 Å². The Kier molecular flexibility index (Phi) is 7.89. The predicted molar refractivity (Wildman–Crippen MR) is 122 cm³/mol. The van der Waals surface area contributed by atoms with Gasteiger partial charge in [0.15, 0.2) is 5.96 Å². The largest absolute Gasteiger partial charge is 0.496 e. The molecule has 30 heavy (non-hydrogen) atoms. The highest BCUT2D eigenvalue weighted by atomic mass is 16.5. The van der Waals surface area contributed by atoms with Crippen LogP contribution in [0.5, 0.6) is 5.75 Å². The molecule has 158 valence electrons. The van der Waals surface area contributed by atoms with E-state index in [9.17, 15) is 0 Å². The van der Waals surface area contributed by atoms with E-state index in [1.807, 2.05) is 18.6 Å². The standard InChI is InChI=1S/C24H31N5O/c1-4-26-24(27-12-11-22-15-19(2)5-10-23(22)30-3)28-16-20-6-8-21(9-7-20)17-29-14-13-25-18-29/h5-10,13-15,18H,4,11-12,16-17H2,1-3H3,(H2,26,27,28). The number of methoxy groups -OCH3 is 1. The monoisotopic (exact) mass is 405 g/mol. The van der Waals surface area contributed by atoms with E-state index in [0.29, 0.717) is 6.54 Å². The van der Waals surface area contributed by atoms with Crippen LogP contribution < -0.4 is 15.4 Å². The lowest BCUT2D eigenvalue weighted by atomic mass is 10.1. The zero-order valence-electron chi connectivity index (χ0n) is 18.1. The molecule has 0 saturated carbocycles. The Morgan fingerprint density at radius 3 is 2.60 bits per heavy atom. The van der Waals surface area contributed by atoms with Gasteiger partial charge in [0.05, 0.1) is 20.0 Å². The fourth-order valence-electron chi connectivity index (χ4n) is 3.27. The Balaban J connectivity index is 1.54. The maximum Gasteiger partial charge on any atom is 0.191 e. The molecule has 2 aromatic carbocycles. The van der Waals surface area contributed by atoms with Crippen LogP contribution in [0.2, 0.25) is 0 Å². The number of nitrogens with one attached hydrogen (secondary N) is 2. The van der Waals surface area contributed by atoms with Crippen molar-refractivity contribution in [3.05, 3.63) is 83.4 Å². The molecule has 1 aromatic heterocycles. The van der Waals surface area contributed by atoms with Crippen LogP contribution in [0.4, 0.5) is 0 Å². The minimum absolute atomic E-state index is 0.633. The SMILES string of the molecule is CCNC(=NCc1ccc(Cn2ccnc2)cc1)NCCc1cc(C)ccc1OC. The van der Waals surface area contributed by atoms with Gasteiger partial charge in [0.1, 0.15) is 5.75 Å². The summed E-state index contributed by atoms with van der Waals surface area (Å²) in [7, 11) is 1.72. The van der Waals surface area contributed by atoms with E-state index in [0.717, 1.165) is 37.8 Å². The highest BCUT2D eigenvalue weighted by molar-refractivity contribution is 5.79. The third kappa shape index (κ3) is 6.37. The first-order valence-corrected chi connectivity index (χ1v) is 10.4. The Morgan fingerprint density at radius 2 is 1.90 bits per heavy atom. The first kappa shape index (κ1) is 21.4. The van der Waals surface area contributed by atoms with Crippen molar-refractivity contribution in [1.29, 1.82) is 0 Å². The summed E-state index contributed by atoms with van der Waals surface area (Å²) in [5.74, 6) is 1.76. The smallest absolute Gasteiger partial charge is 0.191 e. The van der Waals surface area contributed by atoms with Gasteiger partial charge in [-0.1, -0.05) is 42.0 Å². The van der Waals surface area contributed by atoms with Crippen molar-refractivity contribution in [2.24, 2.45) is 4.99 Å². The van der Waals surface area contributed by atoms with E-state index < -0.39 is 0 Å². The van der Waals surface area contributed by atoms with Crippen molar-refractivity contribution in [3.8, 4) is 5.75 Å². The maximum absolute atomic E-state index is 5.47. The summed E-state index contributed by atoms with van der Waals surface area (Å²) in [5.41, 5.74) is 4.87. The van der Waals surface area contributed by atoms with Crippen LogP contribution in [0.1, 0.15) is 29.2 Å².